The number of non-ortho nitro benzene ring substituents is 1. The molecule has 2 aromatic carbocycles. The van der Waals surface area contributed by atoms with Crippen LogP contribution < -0.4 is 4.74 Å². The highest BCUT2D eigenvalue weighted by Crippen LogP contribution is 2.28. The minimum atomic E-state index is -0.677. The van der Waals surface area contributed by atoms with E-state index in [0.717, 1.165) is 0 Å². The number of nitrogens with zero attached hydrogens (tertiary/aromatic N) is 2. The SMILES string of the molecule is COc1ccccc1/C=C1\N=C(c2cc([N+](=O)[O-])ccc2Cl)OC1=O. The van der Waals surface area contributed by atoms with Crippen molar-refractivity contribution in [2.24, 2.45) is 4.99 Å². The molecule has 0 atom stereocenters. The first-order chi connectivity index (χ1) is 12.0. The standard InChI is InChI=1S/C17H11ClN2O5/c1-24-15-5-3-2-4-10(15)8-14-17(21)25-16(19-14)12-9-11(20(22)23)6-7-13(12)18/h2-9H,1H3/b14-8-. The van der Waals surface area contributed by atoms with Gasteiger partial charge in [-0.2, -0.15) is 0 Å². The molecule has 0 unspecified atom stereocenters. The Morgan fingerprint density at radius 3 is 2.76 bits per heavy atom. The van der Waals surface area contributed by atoms with Crippen molar-refractivity contribution in [2.45, 2.75) is 0 Å². The number of rotatable bonds is 4. The molecule has 1 aliphatic heterocycles. The minimum absolute atomic E-state index is 0.0436. The minimum Gasteiger partial charge on any atom is -0.496 e. The summed E-state index contributed by atoms with van der Waals surface area (Å²) in [7, 11) is 1.52. The zero-order chi connectivity index (χ0) is 18.0. The fraction of sp³-hybridized carbons (Fsp3) is 0.0588. The van der Waals surface area contributed by atoms with Crippen molar-refractivity contribution in [1.29, 1.82) is 0 Å². The summed E-state index contributed by atoms with van der Waals surface area (Å²) in [4.78, 5) is 26.5. The van der Waals surface area contributed by atoms with E-state index < -0.39 is 10.9 Å². The van der Waals surface area contributed by atoms with Crippen LogP contribution in [0.4, 0.5) is 5.69 Å². The van der Waals surface area contributed by atoms with Crippen molar-refractivity contribution in [3.05, 3.63) is 74.4 Å². The summed E-state index contributed by atoms with van der Waals surface area (Å²) < 4.78 is 10.3. The molecule has 7 nitrogen and oxygen atoms in total. The molecule has 0 amide bonds. The quantitative estimate of drug-likeness (QED) is 0.360. The molecule has 0 N–H and O–H groups in total. The van der Waals surface area contributed by atoms with E-state index in [9.17, 15) is 14.9 Å². The number of methoxy groups -OCH3 is 1. The Morgan fingerprint density at radius 2 is 2.04 bits per heavy atom. The van der Waals surface area contributed by atoms with Crippen molar-refractivity contribution >= 4 is 35.2 Å². The number of ether oxygens (including phenoxy) is 2. The number of nitro benzene ring substituents is 1. The lowest BCUT2D eigenvalue weighted by molar-refractivity contribution is -0.384. The monoisotopic (exact) mass is 358 g/mol. The van der Waals surface area contributed by atoms with Gasteiger partial charge in [0.05, 0.1) is 22.6 Å². The molecular weight excluding hydrogens is 348 g/mol. The van der Waals surface area contributed by atoms with Gasteiger partial charge in [0.15, 0.2) is 5.70 Å². The normalized spacial score (nSPS) is 15.0. The molecule has 0 bridgehead atoms. The summed E-state index contributed by atoms with van der Waals surface area (Å²) in [6, 6.07) is 10.9. The molecule has 0 saturated heterocycles. The lowest BCUT2D eigenvalue weighted by Crippen LogP contribution is -2.06. The van der Waals surface area contributed by atoms with Crippen LogP contribution in [-0.4, -0.2) is 23.9 Å². The van der Waals surface area contributed by atoms with Crippen LogP contribution in [0.25, 0.3) is 6.08 Å². The van der Waals surface area contributed by atoms with Crippen molar-refractivity contribution < 1.29 is 19.2 Å². The molecule has 0 fully saturated rings. The van der Waals surface area contributed by atoms with Crippen LogP contribution in [0.3, 0.4) is 0 Å². The molecule has 126 valence electrons. The Labute approximate surface area is 147 Å². The van der Waals surface area contributed by atoms with Gasteiger partial charge >= 0.3 is 5.97 Å². The highest BCUT2D eigenvalue weighted by molar-refractivity contribution is 6.34. The molecule has 1 aliphatic rings. The predicted molar refractivity (Wildman–Crippen MR) is 91.7 cm³/mol. The third kappa shape index (κ3) is 3.36. The van der Waals surface area contributed by atoms with Crippen LogP contribution in [0, 0.1) is 10.1 Å². The summed E-state index contributed by atoms with van der Waals surface area (Å²) >= 11 is 6.05. The Kier molecular flexibility index (Phi) is 4.49. The number of hydrogen-bond donors (Lipinski definition) is 0. The van der Waals surface area contributed by atoms with Crippen LogP contribution in [0.1, 0.15) is 11.1 Å². The number of para-hydroxylation sites is 1. The van der Waals surface area contributed by atoms with Gasteiger partial charge in [-0.1, -0.05) is 29.8 Å². The van der Waals surface area contributed by atoms with Gasteiger partial charge in [0.25, 0.3) is 5.69 Å². The van der Waals surface area contributed by atoms with Crippen molar-refractivity contribution in [3.63, 3.8) is 0 Å². The van der Waals surface area contributed by atoms with E-state index in [1.54, 1.807) is 24.3 Å². The van der Waals surface area contributed by atoms with Gasteiger partial charge in [-0.25, -0.2) is 9.79 Å². The second-order valence-electron chi connectivity index (χ2n) is 5.00. The van der Waals surface area contributed by atoms with Gasteiger partial charge in [0, 0.05) is 17.7 Å². The fourth-order valence-corrected chi connectivity index (χ4v) is 2.45. The third-order valence-corrected chi connectivity index (χ3v) is 3.77. The Morgan fingerprint density at radius 1 is 1.28 bits per heavy atom. The first kappa shape index (κ1) is 16.7. The van der Waals surface area contributed by atoms with E-state index in [1.807, 2.05) is 0 Å². The third-order valence-electron chi connectivity index (χ3n) is 3.44. The second-order valence-corrected chi connectivity index (χ2v) is 5.41. The molecule has 1 heterocycles. The molecular formula is C17H11ClN2O5. The van der Waals surface area contributed by atoms with Crippen LogP contribution in [0.2, 0.25) is 5.02 Å². The molecule has 2 aromatic rings. The number of carbonyl (C=O) groups is 1. The van der Waals surface area contributed by atoms with E-state index in [1.165, 1.54) is 31.4 Å². The number of nitro groups is 1. The first-order valence-electron chi connectivity index (χ1n) is 7.09. The van der Waals surface area contributed by atoms with E-state index in [4.69, 9.17) is 21.1 Å². The largest absolute Gasteiger partial charge is 0.496 e. The number of esters is 1. The molecule has 3 rings (SSSR count). The Bertz CT molecular complexity index is 936. The summed E-state index contributed by atoms with van der Waals surface area (Å²) in [5, 5.41) is 11.1. The highest BCUT2D eigenvalue weighted by atomic mass is 35.5. The fourth-order valence-electron chi connectivity index (χ4n) is 2.25. The molecule has 0 saturated carbocycles. The average molecular weight is 359 g/mol. The Balaban J connectivity index is 2.02. The number of carbonyl (C=O) groups excluding carboxylic acids is 1. The number of aliphatic imine (C=N–C) groups is 1. The Hall–Kier alpha value is -3.19. The molecule has 0 spiro atoms. The molecule has 0 aromatic heterocycles. The van der Waals surface area contributed by atoms with E-state index >= 15 is 0 Å². The van der Waals surface area contributed by atoms with Crippen LogP contribution in [0.15, 0.2) is 53.2 Å². The summed E-state index contributed by atoms with van der Waals surface area (Å²) in [6.45, 7) is 0. The van der Waals surface area contributed by atoms with Gasteiger partial charge in [0.1, 0.15) is 5.75 Å². The molecule has 0 aliphatic carbocycles. The zero-order valence-corrected chi connectivity index (χ0v) is 13.7. The van der Waals surface area contributed by atoms with Crippen LogP contribution >= 0.6 is 11.6 Å². The van der Waals surface area contributed by atoms with Gasteiger partial charge in [0.2, 0.25) is 5.90 Å². The van der Waals surface area contributed by atoms with Gasteiger partial charge in [-0.05, 0) is 18.2 Å². The van der Waals surface area contributed by atoms with Gasteiger partial charge in [-0.15, -0.1) is 0 Å². The topological polar surface area (TPSA) is 91.0 Å². The summed E-state index contributed by atoms with van der Waals surface area (Å²) in [5.41, 5.74) is 0.683. The number of hydrogen-bond acceptors (Lipinski definition) is 6. The summed E-state index contributed by atoms with van der Waals surface area (Å²) in [6.07, 6.45) is 1.51. The van der Waals surface area contributed by atoms with Crippen LogP contribution in [-0.2, 0) is 9.53 Å². The first-order valence-corrected chi connectivity index (χ1v) is 7.47. The lowest BCUT2D eigenvalue weighted by Gasteiger charge is -2.03. The van der Waals surface area contributed by atoms with Gasteiger partial charge in [-0.3, -0.25) is 10.1 Å². The maximum Gasteiger partial charge on any atom is 0.363 e. The van der Waals surface area contributed by atoms with Crippen molar-refractivity contribution in [1.82, 2.24) is 0 Å². The highest BCUT2D eigenvalue weighted by Gasteiger charge is 2.27. The average Bonchev–Trinajstić information content (AvgIpc) is 2.96. The van der Waals surface area contributed by atoms with E-state index in [-0.39, 0.29) is 27.9 Å². The molecule has 25 heavy (non-hydrogen) atoms. The smallest absolute Gasteiger partial charge is 0.363 e. The predicted octanol–water partition coefficient (Wildman–Crippen LogP) is 3.60. The maximum atomic E-state index is 12.1. The molecule has 0 radical (unpaired) electrons. The number of cyclic esters (lactones) is 1. The van der Waals surface area contributed by atoms with E-state index in [2.05, 4.69) is 4.99 Å². The molecule has 8 heteroatoms. The zero-order valence-electron chi connectivity index (χ0n) is 12.9. The van der Waals surface area contributed by atoms with Gasteiger partial charge < -0.3 is 9.47 Å². The number of halogens is 1. The van der Waals surface area contributed by atoms with Crippen molar-refractivity contribution in [2.75, 3.05) is 7.11 Å². The van der Waals surface area contributed by atoms with E-state index in [0.29, 0.717) is 11.3 Å². The van der Waals surface area contributed by atoms with Crippen molar-refractivity contribution in [3.8, 4) is 5.75 Å². The second kappa shape index (κ2) is 6.74. The summed E-state index contributed by atoms with van der Waals surface area (Å²) in [5.74, 6) is -0.192. The number of benzene rings is 2. The van der Waals surface area contributed by atoms with Crippen LogP contribution in [0.5, 0.6) is 5.75 Å². The maximum absolute atomic E-state index is 12.1. The lowest BCUT2D eigenvalue weighted by atomic mass is 10.1.